The molecule has 1 aliphatic heterocycles. The summed E-state index contributed by atoms with van der Waals surface area (Å²) >= 11 is 0. The van der Waals surface area contributed by atoms with Crippen molar-refractivity contribution in [2.75, 3.05) is 39.3 Å². The van der Waals surface area contributed by atoms with Crippen molar-refractivity contribution in [1.29, 1.82) is 0 Å². The molecule has 1 heterocycles. The Morgan fingerprint density at radius 1 is 1.13 bits per heavy atom. The van der Waals surface area contributed by atoms with Gasteiger partial charge in [0, 0.05) is 38.3 Å². The van der Waals surface area contributed by atoms with Crippen LogP contribution in [-0.4, -0.2) is 62.9 Å². The van der Waals surface area contributed by atoms with Gasteiger partial charge in [-0.1, -0.05) is 0 Å². The van der Waals surface area contributed by atoms with Crippen molar-refractivity contribution < 1.29 is 17.9 Å². The lowest BCUT2D eigenvalue weighted by atomic mass is 10.2. The van der Waals surface area contributed by atoms with E-state index in [0.29, 0.717) is 44.1 Å². The molecule has 9 heteroatoms. The molecule has 128 valence electrons. The van der Waals surface area contributed by atoms with Crippen LogP contribution in [0.2, 0.25) is 0 Å². The normalized spacial score (nSPS) is 17.1. The van der Waals surface area contributed by atoms with Gasteiger partial charge in [-0.25, -0.2) is 5.14 Å². The lowest BCUT2D eigenvalue weighted by Crippen LogP contribution is -2.50. The summed E-state index contributed by atoms with van der Waals surface area (Å²) in [6.07, 6.45) is 0.826. The third-order valence-electron chi connectivity index (χ3n) is 3.72. The predicted molar refractivity (Wildman–Crippen MR) is 86.2 cm³/mol. The van der Waals surface area contributed by atoms with E-state index in [4.69, 9.17) is 15.6 Å². The molecule has 8 nitrogen and oxygen atoms in total. The molecule has 0 radical (unpaired) electrons. The first-order valence-corrected chi connectivity index (χ1v) is 8.89. The van der Waals surface area contributed by atoms with E-state index in [9.17, 15) is 13.2 Å². The fraction of sp³-hybridized carbons (Fsp3) is 0.500. The summed E-state index contributed by atoms with van der Waals surface area (Å²) in [5.41, 5.74) is 5.62. The second-order valence-corrected chi connectivity index (χ2v) is 6.92. The first-order chi connectivity index (χ1) is 10.9. The first kappa shape index (κ1) is 17.7. The summed E-state index contributed by atoms with van der Waals surface area (Å²) in [5.74, 6) is 0.226. The first-order valence-electron chi connectivity index (χ1n) is 7.39. The van der Waals surface area contributed by atoms with Crippen molar-refractivity contribution in [2.45, 2.75) is 6.42 Å². The highest BCUT2D eigenvalue weighted by atomic mass is 32.2. The SMILES string of the molecule is NC(=O)c1ccc(OCCCN2CCN(S(N)(=O)=O)CC2)cc1. The fourth-order valence-corrected chi connectivity index (χ4v) is 3.07. The Kier molecular flexibility index (Phi) is 5.94. The molecule has 0 atom stereocenters. The average molecular weight is 342 g/mol. The van der Waals surface area contributed by atoms with Crippen molar-refractivity contribution in [1.82, 2.24) is 9.21 Å². The van der Waals surface area contributed by atoms with E-state index in [1.165, 1.54) is 4.31 Å². The number of carbonyl (C=O) groups excluding carboxylic acids is 1. The third-order valence-corrected chi connectivity index (χ3v) is 4.80. The number of amides is 1. The zero-order valence-electron chi connectivity index (χ0n) is 12.8. The van der Waals surface area contributed by atoms with Crippen LogP contribution in [-0.2, 0) is 10.2 Å². The van der Waals surface area contributed by atoms with Crippen molar-refractivity contribution in [3.05, 3.63) is 29.8 Å². The van der Waals surface area contributed by atoms with E-state index in [2.05, 4.69) is 4.90 Å². The Labute approximate surface area is 136 Å². The summed E-state index contributed by atoms with van der Waals surface area (Å²) < 4.78 is 29.3. The Morgan fingerprint density at radius 3 is 2.26 bits per heavy atom. The van der Waals surface area contributed by atoms with Gasteiger partial charge in [-0.3, -0.25) is 4.79 Å². The molecule has 0 aromatic heterocycles. The van der Waals surface area contributed by atoms with Gasteiger partial charge in [0.25, 0.3) is 10.2 Å². The van der Waals surface area contributed by atoms with Gasteiger partial charge < -0.3 is 15.4 Å². The molecule has 0 aliphatic carbocycles. The predicted octanol–water partition coefficient (Wildman–Crippen LogP) is -0.624. The second-order valence-electron chi connectivity index (χ2n) is 5.38. The van der Waals surface area contributed by atoms with Gasteiger partial charge in [-0.05, 0) is 30.7 Å². The number of benzene rings is 1. The van der Waals surface area contributed by atoms with Gasteiger partial charge in [0.15, 0.2) is 0 Å². The lowest BCUT2D eigenvalue weighted by Gasteiger charge is -2.32. The Morgan fingerprint density at radius 2 is 1.74 bits per heavy atom. The molecule has 2 rings (SSSR count). The fourth-order valence-electron chi connectivity index (χ4n) is 2.40. The molecule has 0 bridgehead atoms. The van der Waals surface area contributed by atoms with Gasteiger partial charge >= 0.3 is 0 Å². The van der Waals surface area contributed by atoms with Crippen LogP contribution in [0.15, 0.2) is 24.3 Å². The molecule has 0 spiro atoms. The number of nitrogens with zero attached hydrogens (tertiary/aromatic N) is 2. The van der Waals surface area contributed by atoms with Crippen LogP contribution in [0.4, 0.5) is 0 Å². The van der Waals surface area contributed by atoms with Gasteiger partial charge in [0.05, 0.1) is 6.61 Å². The van der Waals surface area contributed by atoms with Crippen molar-refractivity contribution in [2.24, 2.45) is 10.9 Å². The molecule has 1 fully saturated rings. The molecule has 23 heavy (non-hydrogen) atoms. The Hall–Kier alpha value is -1.68. The number of hydrogen-bond acceptors (Lipinski definition) is 5. The van der Waals surface area contributed by atoms with Crippen LogP contribution in [0.5, 0.6) is 5.75 Å². The summed E-state index contributed by atoms with van der Waals surface area (Å²) in [6.45, 7) is 3.57. The van der Waals surface area contributed by atoms with Gasteiger partial charge in [0.1, 0.15) is 5.75 Å². The van der Waals surface area contributed by atoms with E-state index < -0.39 is 16.1 Å². The lowest BCUT2D eigenvalue weighted by molar-refractivity contribution is 0.1000. The molecule has 1 saturated heterocycles. The van der Waals surface area contributed by atoms with Gasteiger partial charge in [-0.2, -0.15) is 12.7 Å². The minimum absolute atomic E-state index is 0.425. The average Bonchev–Trinajstić information content (AvgIpc) is 2.51. The van der Waals surface area contributed by atoms with Crippen LogP contribution in [0.25, 0.3) is 0 Å². The molecule has 0 unspecified atom stereocenters. The van der Waals surface area contributed by atoms with Crippen LogP contribution >= 0.6 is 0 Å². The third kappa shape index (κ3) is 5.47. The number of primary amides is 1. The number of nitrogens with two attached hydrogens (primary N) is 2. The van der Waals surface area contributed by atoms with E-state index in [1.54, 1.807) is 24.3 Å². The Bertz CT molecular complexity index is 625. The van der Waals surface area contributed by atoms with Crippen molar-refractivity contribution >= 4 is 16.1 Å². The largest absolute Gasteiger partial charge is 0.494 e. The number of hydrogen-bond donors (Lipinski definition) is 2. The van der Waals surface area contributed by atoms with Crippen molar-refractivity contribution in [3.8, 4) is 5.75 Å². The summed E-state index contributed by atoms with van der Waals surface area (Å²) in [7, 11) is -3.57. The topological polar surface area (TPSA) is 119 Å². The zero-order chi connectivity index (χ0) is 16.9. The standard InChI is InChI=1S/C14H22N4O4S/c15-14(19)12-2-4-13(5-3-12)22-11-1-6-17-7-9-18(10-8-17)23(16,20)21/h2-5H,1,6-11H2,(H2,15,19)(H2,16,20,21). The number of piperazine rings is 1. The van der Waals surface area contributed by atoms with Crippen LogP contribution in [0.3, 0.4) is 0 Å². The minimum Gasteiger partial charge on any atom is -0.494 e. The number of carbonyl (C=O) groups is 1. The summed E-state index contributed by atoms with van der Waals surface area (Å²) in [6, 6.07) is 6.68. The highest BCUT2D eigenvalue weighted by Gasteiger charge is 2.23. The molecule has 1 aromatic rings. The molecule has 1 amide bonds. The van der Waals surface area contributed by atoms with Crippen molar-refractivity contribution in [3.63, 3.8) is 0 Å². The molecular formula is C14H22N4O4S. The van der Waals surface area contributed by atoms with Gasteiger partial charge in [0.2, 0.25) is 5.91 Å². The minimum atomic E-state index is -3.57. The summed E-state index contributed by atoms with van der Waals surface area (Å²) in [4.78, 5) is 13.1. The monoisotopic (exact) mass is 342 g/mol. The Balaban J connectivity index is 1.65. The molecule has 1 aromatic carbocycles. The van der Waals surface area contributed by atoms with Gasteiger partial charge in [-0.15, -0.1) is 0 Å². The van der Waals surface area contributed by atoms with Crippen LogP contribution < -0.4 is 15.6 Å². The highest BCUT2D eigenvalue weighted by Crippen LogP contribution is 2.12. The second kappa shape index (κ2) is 7.73. The molecule has 4 N–H and O–H groups in total. The molecule has 1 aliphatic rings. The van der Waals surface area contributed by atoms with Crippen LogP contribution in [0, 0.1) is 0 Å². The van der Waals surface area contributed by atoms with E-state index in [0.717, 1.165) is 13.0 Å². The van der Waals surface area contributed by atoms with Crippen LogP contribution in [0.1, 0.15) is 16.8 Å². The van der Waals surface area contributed by atoms with E-state index in [-0.39, 0.29) is 0 Å². The van der Waals surface area contributed by atoms with E-state index in [1.807, 2.05) is 0 Å². The highest BCUT2D eigenvalue weighted by molar-refractivity contribution is 7.86. The molecular weight excluding hydrogens is 320 g/mol. The summed E-state index contributed by atoms with van der Waals surface area (Å²) in [5, 5.41) is 5.10. The number of rotatable bonds is 7. The maximum atomic E-state index is 11.2. The zero-order valence-corrected chi connectivity index (χ0v) is 13.7. The quantitative estimate of drug-likeness (QED) is 0.640. The van der Waals surface area contributed by atoms with E-state index >= 15 is 0 Å². The maximum Gasteiger partial charge on any atom is 0.276 e. The molecule has 0 saturated carbocycles. The smallest absolute Gasteiger partial charge is 0.276 e. The maximum absolute atomic E-state index is 11.2. The number of ether oxygens (including phenoxy) is 1.